The molecule has 4 rings (SSSR count). The Bertz CT molecular complexity index is 1040. The minimum absolute atomic E-state index is 0.0434. The zero-order valence-corrected chi connectivity index (χ0v) is 19.7. The first-order valence-corrected chi connectivity index (χ1v) is 12.9. The molecule has 0 bridgehead atoms. The number of likely N-dealkylation sites (tertiary alicyclic amines) is 1. The zero-order valence-electron chi connectivity index (χ0n) is 18.9. The molecule has 3 heterocycles. The molecule has 2 aromatic rings. The van der Waals surface area contributed by atoms with Gasteiger partial charge in [-0.2, -0.15) is 4.31 Å². The third kappa shape index (κ3) is 5.22. The van der Waals surface area contributed by atoms with Crippen molar-refractivity contribution < 1.29 is 13.2 Å². The van der Waals surface area contributed by atoms with Crippen molar-refractivity contribution >= 4 is 21.6 Å². The number of amides is 1. The van der Waals surface area contributed by atoms with Gasteiger partial charge >= 0.3 is 0 Å². The molecule has 2 aliphatic heterocycles. The minimum Gasteiger partial charge on any atom is -0.334 e. The quantitative estimate of drug-likeness (QED) is 0.687. The Hall–Kier alpha value is -2.23. The fourth-order valence-electron chi connectivity index (χ4n) is 4.43. The molecule has 2 fully saturated rings. The Balaban J connectivity index is 1.40. The monoisotopic (exact) mass is 459 g/mol. The highest BCUT2D eigenvalue weighted by molar-refractivity contribution is 7.89. The van der Waals surface area contributed by atoms with Gasteiger partial charge < -0.3 is 9.88 Å². The van der Waals surface area contributed by atoms with Crippen LogP contribution in [0.5, 0.6) is 0 Å². The van der Waals surface area contributed by atoms with Crippen LogP contribution >= 0.6 is 0 Å². The van der Waals surface area contributed by atoms with Crippen LogP contribution in [-0.2, 0) is 21.4 Å². The second kappa shape index (κ2) is 9.72. The van der Waals surface area contributed by atoms with Crippen LogP contribution in [0.4, 0.5) is 5.69 Å². The number of aromatic nitrogens is 2. The van der Waals surface area contributed by atoms with E-state index >= 15 is 0 Å². The van der Waals surface area contributed by atoms with E-state index in [0.717, 1.165) is 25.3 Å². The topological polar surface area (TPSA) is 87.5 Å². The molecule has 1 aromatic carbocycles. The van der Waals surface area contributed by atoms with E-state index in [1.54, 1.807) is 17.1 Å². The smallest absolute Gasteiger partial charge is 0.262 e. The number of carbonyl (C=O) groups excluding carboxylic acids is 1. The van der Waals surface area contributed by atoms with Gasteiger partial charge in [0.2, 0.25) is 5.91 Å². The number of carbonyl (C=O) groups is 1. The van der Waals surface area contributed by atoms with Crippen LogP contribution in [0, 0.1) is 5.92 Å². The zero-order chi connectivity index (χ0) is 22.7. The van der Waals surface area contributed by atoms with E-state index in [1.165, 1.54) is 22.7 Å². The standard InChI is InChI=1S/C23H33N5O3S/c1-18(2)27-16-22(24-17-27)32(30,31)28-12-6-8-20(15-28)23(29)25-21-9-5-7-19(13-21)14-26-10-3-4-11-26/h5,7,9,13,16-18,20H,3-4,6,8,10-12,14-15H2,1-2H3,(H,25,29)/t20-/m1/s1. The minimum atomic E-state index is -3.72. The van der Waals surface area contributed by atoms with Gasteiger partial charge in [0.15, 0.2) is 5.03 Å². The normalized spacial score (nSPS) is 20.7. The summed E-state index contributed by atoms with van der Waals surface area (Å²) in [6.07, 6.45) is 6.92. The number of nitrogens with zero attached hydrogens (tertiary/aromatic N) is 4. The second-order valence-electron chi connectivity index (χ2n) is 9.13. The number of rotatable bonds is 7. The summed E-state index contributed by atoms with van der Waals surface area (Å²) in [7, 11) is -3.72. The van der Waals surface area contributed by atoms with Gasteiger partial charge in [0.05, 0.1) is 12.2 Å². The molecule has 9 heteroatoms. The molecule has 0 radical (unpaired) electrons. The molecule has 1 amide bonds. The van der Waals surface area contributed by atoms with Gasteiger partial charge in [-0.05, 0) is 70.3 Å². The Morgan fingerprint density at radius 2 is 1.97 bits per heavy atom. The highest BCUT2D eigenvalue weighted by atomic mass is 32.2. The number of hydrogen-bond acceptors (Lipinski definition) is 5. The maximum atomic E-state index is 13.1. The lowest BCUT2D eigenvalue weighted by atomic mass is 9.98. The van der Waals surface area contributed by atoms with Crippen LogP contribution in [0.3, 0.4) is 0 Å². The number of sulfonamides is 1. The lowest BCUT2D eigenvalue weighted by molar-refractivity contribution is -0.120. The number of hydrogen-bond donors (Lipinski definition) is 1. The van der Waals surface area contributed by atoms with Gasteiger partial charge in [-0.1, -0.05) is 12.1 Å². The van der Waals surface area contributed by atoms with E-state index in [1.807, 2.05) is 32.0 Å². The van der Waals surface area contributed by atoms with E-state index in [9.17, 15) is 13.2 Å². The average molecular weight is 460 g/mol. The third-order valence-electron chi connectivity index (χ3n) is 6.33. The van der Waals surface area contributed by atoms with Gasteiger partial charge in [-0.3, -0.25) is 9.69 Å². The van der Waals surface area contributed by atoms with Crippen molar-refractivity contribution in [3.63, 3.8) is 0 Å². The summed E-state index contributed by atoms with van der Waals surface area (Å²) in [6, 6.07) is 8.09. The Labute approximate surface area is 190 Å². The molecule has 2 saturated heterocycles. The van der Waals surface area contributed by atoms with Crippen LogP contribution in [0.25, 0.3) is 0 Å². The Morgan fingerprint density at radius 1 is 1.19 bits per heavy atom. The summed E-state index contributed by atoms with van der Waals surface area (Å²) in [5, 5.41) is 3.05. The Morgan fingerprint density at radius 3 is 2.69 bits per heavy atom. The summed E-state index contributed by atoms with van der Waals surface area (Å²) >= 11 is 0. The van der Waals surface area contributed by atoms with Crippen LogP contribution in [0.15, 0.2) is 41.8 Å². The maximum Gasteiger partial charge on any atom is 0.262 e. The van der Waals surface area contributed by atoms with Gasteiger partial charge in [0.25, 0.3) is 10.0 Å². The molecule has 1 atom stereocenters. The highest BCUT2D eigenvalue weighted by Crippen LogP contribution is 2.25. The average Bonchev–Trinajstić information content (AvgIpc) is 3.47. The highest BCUT2D eigenvalue weighted by Gasteiger charge is 2.34. The first kappa shape index (κ1) is 22.9. The lowest BCUT2D eigenvalue weighted by Gasteiger charge is -2.30. The molecule has 0 aliphatic carbocycles. The van der Waals surface area contributed by atoms with E-state index in [-0.39, 0.29) is 29.4 Å². The van der Waals surface area contributed by atoms with Crippen LogP contribution in [-0.4, -0.2) is 59.3 Å². The van der Waals surface area contributed by atoms with Crippen molar-refractivity contribution in [2.45, 2.75) is 57.1 Å². The number of benzene rings is 1. The molecule has 2 aliphatic rings. The summed E-state index contributed by atoms with van der Waals surface area (Å²) in [5.41, 5.74) is 1.95. The van der Waals surface area contributed by atoms with Crippen LogP contribution in [0.1, 0.15) is 51.1 Å². The SMILES string of the molecule is CC(C)n1cnc(S(=O)(=O)N2CCC[C@@H](C(=O)Nc3cccc(CN4CCCC4)c3)C2)c1. The molecule has 1 aromatic heterocycles. The molecule has 0 saturated carbocycles. The first-order valence-electron chi connectivity index (χ1n) is 11.5. The molecule has 174 valence electrons. The van der Waals surface area contributed by atoms with Crippen LogP contribution in [0.2, 0.25) is 0 Å². The predicted octanol–water partition coefficient (Wildman–Crippen LogP) is 3.10. The van der Waals surface area contributed by atoms with E-state index in [4.69, 9.17) is 0 Å². The van der Waals surface area contributed by atoms with Crippen molar-refractivity contribution in [3.05, 3.63) is 42.4 Å². The molecular formula is C23H33N5O3S. The van der Waals surface area contributed by atoms with E-state index in [0.29, 0.717) is 19.4 Å². The van der Waals surface area contributed by atoms with Crippen molar-refractivity contribution in [1.82, 2.24) is 18.8 Å². The first-order chi connectivity index (χ1) is 15.3. The molecular weight excluding hydrogens is 426 g/mol. The van der Waals surface area contributed by atoms with Crippen molar-refractivity contribution in [2.75, 3.05) is 31.5 Å². The van der Waals surface area contributed by atoms with Crippen molar-refractivity contribution in [2.24, 2.45) is 5.92 Å². The van der Waals surface area contributed by atoms with E-state index in [2.05, 4.69) is 21.3 Å². The second-order valence-corrected chi connectivity index (χ2v) is 11.0. The van der Waals surface area contributed by atoms with Crippen molar-refractivity contribution in [3.8, 4) is 0 Å². The molecule has 8 nitrogen and oxygen atoms in total. The molecule has 0 spiro atoms. The molecule has 32 heavy (non-hydrogen) atoms. The molecule has 1 N–H and O–H groups in total. The summed E-state index contributed by atoms with van der Waals surface area (Å²) in [4.78, 5) is 19.5. The van der Waals surface area contributed by atoms with Gasteiger partial charge in [-0.25, -0.2) is 13.4 Å². The van der Waals surface area contributed by atoms with Crippen molar-refractivity contribution in [1.29, 1.82) is 0 Å². The molecule has 0 unspecified atom stereocenters. The summed E-state index contributed by atoms with van der Waals surface area (Å²) in [6.45, 7) is 7.67. The van der Waals surface area contributed by atoms with Gasteiger partial charge in [-0.15, -0.1) is 0 Å². The van der Waals surface area contributed by atoms with Gasteiger partial charge in [0.1, 0.15) is 0 Å². The van der Waals surface area contributed by atoms with E-state index < -0.39 is 10.0 Å². The lowest BCUT2D eigenvalue weighted by Crippen LogP contribution is -2.43. The number of anilines is 1. The fourth-order valence-corrected chi connectivity index (χ4v) is 5.88. The maximum absolute atomic E-state index is 13.1. The van der Waals surface area contributed by atoms with Crippen LogP contribution < -0.4 is 5.32 Å². The summed E-state index contributed by atoms with van der Waals surface area (Å²) in [5.74, 6) is -0.510. The number of nitrogens with one attached hydrogen (secondary N) is 1. The largest absolute Gasteiger partial charge is 0.334 e. The predicted molar refractivity (Wildman–Crippen MR) is 124 cm³/mol. The summed E-state index contributed by atoms with van der Waals surface area (Å²) < 4.78 is 29.3. The Kier molecular flexibility index (Phi) is 6.97. The number of piperidine rings is 1. The number of imidazole rings is 1. The van der Waals surface area contributed by atoms with Gasteiger partial charge in [0, 0.05) is 37.6 Å². The third-order valence-corrected chi connectivity index (χ3v) is 8.08. The fraction of sp³-hybridized carbons (Fsp3) is 0.565.